The Balaban J connectivity index is 2.04. The molecular formula is C13H14N2O3S. The van der Waals surface area contributed by atoms with E-state index in [0.29, 0.717) is 12.3 Å². The number of esters is 1. The van der Waals surface area contributed by atoms with Gasteiger partial charge in [0.1, 0.15) is 5.56 Å². The molecule has 0 spiro atoms. The van der Waals surface area contributed by atoms with Crippen LogP contribution in [-0.2, 0) is 11.2 Å². The summed E-state index contributed by atoms with van der Waals surface area (Å²) in [6.45, 7) is 0.446. The van der Waals surface area contributed by atoms with Gasteiger partial charge in [-0.15, -0.1) is 11.3 Å². The van der Waals surface area contributed by atoms with Crippen molar-refractivity contribution in [3.05, 3.63) is 40.2 Å². The number of hydrogen-bond acceptors (Lipinski definition) is 6. The third kappa shape index (κ3) is 3.45. The number of carbonyl (C=O) groups is 1. The van der Waals surface area contributed by atoms with E-state index in [1.807, 2.05) is 17.5 Å². The molecule has 2 N–H and O–H groups in total. The van der Waals surface area contributed by atoms with Gasteiger partial charge in [0.05, 0.1) is 25.6 Å². The van der Waals surface area contributed by atoms with Gasteiger partial charge in [0.2, 0.25) is 5.88 Å². The van der Waals surface area contributed by atoms with E-state index < -0.39 is 5.97 Å². The van der Waals surface area contributed by atoms with Crippen LogP contribution in [0, 0.1) is 0 Å². The highest BCUT2D eigenvalue weighted by Gasteiger charge is 2.15. The minimum Gasteiger partial charge on any atom is -0.477 e. The Labute approximate surface area is 115 Å². The number of pyridine rings is 1. The van der Waals surface area contributed by atoms with E-state index in [-0.39, 0.29) is 11.4 Å². The summed E-state index contributed by atoms with van der Waals surface area (Å²) in [6.07, 6.45) is 2.22. The molecule has 0 radical (unpaired) electrons. The molecule has 0 saturated carbocycles. The molecule has 0 aliphatic heterocycles. The van der Waals surface area contributed by atoms with Crippen molar-refractivity contribution >= 4 is 23.0 Å². The van der Waals surface area contributed by atoms with Gasteiger partial charge >= 0.3 is 5.97 Å². The van der Waals surface area contributed by atoms with Crippen LogP contribution < -0.4 is 10.5 Å². The number of aromatic nitrogens is 1. The molecule has 0 saturated heterocycles. The molecule has 0 aliphatic rings. The number of nitrogens with two attached hydrogens (primary N) is 1. The molecule has 6 heteroatoms. The second-order valence-electron chi connectivity index (χ2n) is 3.79. The number of carbonyl (C=O) groups excluding carboxylic acids is 1. The molecule has 2 heterocycles. The zero-order valence-corrected chi connectivity index (χ0v) is 11.3. The maximum atomic E-state index is 11.6. The van der Waals surface area contributed by atoms with Crippen LogP contribution in [0.4, 0.5) is 5.69 Å². The van der Waals surface area contributed by atoms with Crippen LogP contribution in [-0.4, -0.2) is 24.7 Å². The lowest BCUT2D eigenvalue weighted by Gasteiger charge is -2.09. The quantitative estimate of drug-likeness (QED) is 0.848. The maximum Gasteiger partial charge on any atom is 0.343 e. The fraction of sp³-hybridized carbons (Fsp3) is 0.231. The Morgan fingerprint density at radius 2 is 2.37 bits per heavy atom. The Morgan fingerprint density at radius 3 is 3.05 bits per heavy atom. The van der Waals surface area contributed by atoms with Crippen molar-refractivity contribution in [2.24, 2.45) is 0 Å². The SMILES string of the molecule is COC(=O)c1cc(N)cnc1OCCc1cccs1. The highest BCUT2D eigenvalue weighted by Crippen LogP contribution is 2.19. The lowest BCUT2D eigenvalue weighted by atomic mass is 10.2. The van der Waals surface area contributed by atoms with E-state index in [4.69, 9.17) is 10.5 Å². The second kappa shape index (κ2) is 6.19. The number of rotatable bonds is 5. The van der Waals surface area contributed by atoms with E-state index in [0.717, 1.165) is 6.42 Å². The zero-order chi connectivity index (χ0) is 13.7. The van der Waals surface area contributed by atoms with E-state index in [2.05, 4.69) is 9.72 Å². The summed E-state index contributed by atoms with van der Waals surface area (Å²) >= 11 is 1.66. The molecule has 0 bridgehead atoms. The lowest BCUT2D eigenvalue weighted by Crippen LogP contribution is -2.10. The third-order valence-electron chi connectivity index (χ3n) is 2.44. The van der Waals surface area contributed by atoms with Crippen LogP contribution in [0.3, 0.4) is 0 Å². The molecule has 19 heavy (non-hydrogen) atoms. The van der Waals surface area contributed by atoms with Crippen LogP contribution >= 0.6 is 11.3 Å². The Morgan fingerprint density at radius 1 is 1.53 bits per heavy atom. The molecule has 2 aromatic rings. The second-order valence-corrected chi connectivity index (χ2v) is 4.82. The summed E-state index contributed by atoms with van der Waals surface area (Å²) in [7, 11) is 1.31. The topological polar surface area (TPSA) is 74.4 Å². The molecule has 0 aromatic carbocycles. The van der Waals surface area contributed by atoms with E-state index in [1.165, 1.54) is 24.3 Å². The Kier molecular flexibility index (Phi) is 4.35. The minimum absolute atomic E-state index is 0.244. The molecule has 0 amide bonds. The number of nitrogens with zero attached hydrogens (tertiary/aromatic N) is 1. The van der Waals surface area contributed by atoms with Gasteiger partial charge in [0.25, 0.3) is 0 Å². The predicted octanol–water partition coefficient (Wildman–Crippen LogP) is 2.13. The average Bonchev–Trinajstić information content (AvgIpc) is 2.92. The van der Waals surface area contributed by atoms with E-state index in [1.54, 1.807) is 11.3 Å². The highest BCUT2D eigenvalue weighted by molar-refractivity contribution is 7.09. The van der Waals surface area contributed by atoms with Gasteiger partial charge in [-0.25, -0.2) is 9.78 Å². The molecule has 2 rings (SSSR count). The molecule has 0 atom stereocenters. The average molecular weight is 278 g/mol. The van der Waals surface area contributed by atoms with Crippen molar-refractivity contribution in [3.8, 4) is 5.88 Å². The van der Waals surface area contributed by atoms with Gasteiger partial charge in [0.15, 0.2) is 0 Å². The lowest BCUT2D eigenvalue weighted by molar-refractivity contribution is 0.0595. The van der Waals surface area contributed by atoms with E-state index >= 15 is 0 Å². The van der Waals surface area contributed by atoms with Gasteiger partial charge < -0.3 is 15.2 Å². The smallest absolute Gasteiger partial charge is 0.343 e. The summed E-state index contributed by atoms with van der Waals surface area (Å²) in [5, 5.41) is 2.01. The molecular weight excluding hydrogens is 264 g/mol. The number of methoxy groups -OCH3 is 1. The van der Waals surface area contributed by atoms with Crippen molar-refractivity contribution in [2.75, 3.05) is 19.5 Å². The molecule has 0 unspecified atom stereocenters. The monoisotopic (exact) mass is 278 g/mol. The summed E-state index contributed by atoms with van der Waals surface area (Å²) in [5.41, 5.74) is 6.24. The van der Waals surface area contributed by atoms with Crippen LogP contribution in [0.25, 0.3) is 0 Å². The largest absolute Gasteiger partial charge is 0.477 e. The summed E-state index contributed by atoms with van der Waals surface area (Å²) in [6, 6.07) is 5.52. The highest BCUT2D eigenvalue weighted by atomic mass is 32.1. The van der Waals surface area contributed by atoms with Crippen LogP contribution in [0.5, 0.6) is 5.88 Å². The maximum absolute atomic E-state index is 11.6. The minimum atomic E-state index is -0.508. The standard InChI is InChI=1S/C13H14N2O3S/c1-17-13(16)11-7-9(14)8-15-12(11)18-5-4-10-3-2-6-19-10/h2-3,6-8H,4-5,14H2,1H3. The zero-order valence-electron chi connectivity index (χ0n) is 10.5. The van der Waals surface area contributed by atoms with Crippen molar-refractivity contribution in [1.82, 2.24) is 4.98 Å². The first-order valence-corrected chi connectivity index (χ1v) is 6.57. The first-order valence-electron chi connectivity index (χ1n) is 5.69. The van der Waals surface area contributed by atoms with Crippen molar-refractivity contribution in [3.63, 3.8) is 0 Å². The van der Waals surface area contributed by atoms with Crippen LogP contribution in [0.15, 0.2) is 29.8 Å². The number of thiophene rings is 1. The van der Waals surface area contributed by atoms with E-state index in [9.17, 15) is 4.79 Å². The molecule has 2 aromatic heterocycles. The molecule has 5 nitrogen and oxygen atoms in total. The Bertz CT molecular complexity index is 555. The normalized spacial score (nSPS) is 10.2. The van der Waals surface area contributed by atoms with Crippen molar-refractivity contribution in [1.29, 1.82) is 0 Å². The predicted molar refractivity (Wildman–Crippen MR) is 73.5 cm³/mol. The Hall–Kier alpha value is -2.08. The third-order valence-corrected chi connectivity index (χ3v) is 3.38. The molecule has 100 valence electrons. The summed E-state index contributed by atoms with van der Waals surface area (Å²) in [4.78, 5) is 16.8. The first-order chi connectivity index (χ1) is 9.20. The van der Waals surface area contributed by atoms with Gasteiger partial charge in [-0.1, -0.05) is 6.07 Å². The van der Waals surface area contributed by atoms with Crippen LogP contribution in [0.1, 0.15) is 15.2 Å². The van der Waals surface area contributed by atoms with Gasteiger partial charge in [-0.3, -0.25) is 0 Å². The summed E-state index contributed by atoms with van der Waals surface area (Å²) < 4.78 is 10.2. The number of nitrogen functional groups attached to an aromatic ring is 1. The van der Waals surface area contributed by atoms with Crippen molar-refractivity contribution < 1.29 is 14.3 Å². The van der Waals surface area contributed by atoms with Gasteiger partial charge in [-0.05, 0) is 17.5 Å². The van der Waals surface area contributed by atoms with Gasteiger partial charge in [0, 0.05) is 11.3 Å². The fourth-order valence-corrected chi connectivity index (χ4v) is 2.23. The van der Waals surface area contributed by atoms with Gasteiger partial charge in [-0.2, -0.15) is 0 Å². The number of hydrogen-bond donors (Lipinski definition) is 1. The molecule has 0 aliphatic carbocycles. The molecule has 0 fully saturated rings. The fourth-order valence-electron chi connectivity index (χ4n) is 1.54. The first kappa shape index (κ1) is 13.4. The number of anilines is 1. The van der Waals surface area contributed by atoms with Crippen LogP contribution in [0.2, 0.25) is 0 Å². The number of ether oxygens (including phenoxy) is 2. The van der Waals surface area contributed by atoms with Crippen molar-refractivity contribution in [2.45, 2.75) is 6.42 Å². The summed E-state index contributed by atoms with van der Waals surface area (Å²) in [5.74, 6) is -0.261.